The molecule has 4 rings (SSSR count). The summed E-state index contributed by atoms with van der Waals surface area (Å²) in [6.07, 6.45) is 9.39. The van der Waals surface area contributed by atoms with Crippen molar-refractivity contribution in [2.45, 2.75) is 38.5 Å². The van der Waals surface area contributed by atoms with Crippen LogP contribution in [0.3, 0.4) is 0 Å². The summed E-state index contributed by atoms with van der Waals surface area (Å²) in [4.78, 5) is 0. The Morgan fingerprint density at radius 2 is 1.74 bits per heavy atom. The van der Waals surface area contributed by atoms with Crippen LogP contribution < -0.4 is 9.30 Å². The van der Waals surface area contributed by atoms with Gasteiger partial charge in [0.1, 0.15) is 14.0 Å². The van der Waals surface area contributed by atoms with Crippen molar-refractivity contribution in [3.05, 3.63) is 48.1 Å². The summed E-state index contributed by atoms with van der Waals surface area (Å²) in [6, 6.07) is 7.35. The second kappa shape index (κ2) is 5.00. The van der Waals surface area contributed by atoms with Crippen molar-refractivity contribution in [2.24, 2.45) is 17.8 Å². The summed E-state index contributed by atoms with van der Waals surface area (Å²) in [5.41, 5.74) is 2.98. The fraction of sp³-hybridized carbons (Fsp3) is 0.500. The number of rotatable bonds is 2. The molecular formula is C20H27NOSi. The van der Waals surface area contributed by atoms with Gasteiger partial charge in [-0.05, 0) is 35.6 Å². The highest BCUT2D eigenvalue weighted by molar-refractivity contribution is 6.80. The smallest absolute Gasteiger partial charge is 0.147 e. The molecule has 1 heterocycles. The lowest BCUT2D eigenvalue weighted by atomic mass is 9.84. The third kappa shape index (κ3) is 2.05. The van der Waals surface area contributed by atoms with Gasteiger partial charge < -0.3 is 9.30 Å². The first-order valence-corrected chi connectivity index (χ1v) is 12.2. The van der Waals surface area contributed by atoms with Crippen LogP contribution in [-0.4, -0.2) is 21.4 Å². The first-order chi connectivity index (χ1) is 10.9. The topological polar surface area (TPSA) is 12.5 Å². The van der Waals surface area contributed by atoms with Crippen LogP contribution in [0.2, 0.25) is 19.6 Å². The summed E-state index contributed by atoms with van der Waals surface area (Å²) < 4.78 is 8.34. The lowest BCUT2D eigenvalue weighted by Crippen LogP contribution is -2.52. The van der Waals surface area contributed by atoms with Crippen molar-refractivity contribution in [3.63, 3.8) is 0 Å². The molecule has 2 nitrogen and oxygen atoms in total. The highest BCUT2D eigenvalue weighted by Crippen LogP contribution is 2.59. The van der Waals surface area contributed by atoms with Crippen molar-refractivity contribution in [2.75, 3.05) is 11.7 Å². The molecule has 0 bridgehead atoms. The van der Waals surface area contributed by atoms with Gasteiger partial charge in [0.05, 0.1) is 7.11 Å². The molecule has 0 N–H and O–H groups in total. The van der Waals surface area contributed by atoms with Crippen LogP contribution in [0.1, 0.15) is 18.4 Å². The molecule has 1 aromatic carbocycles. The van der Waals surface area contributed by atoms with E-state index in [0.29, 0.717) is 29.7 Å². The van der Waals surface area contributed by atoms with Crippen molar-refractivity contribution in [1.29, 1.82) is 0 Å². The second-order valence-corrected chi connectivity index (χ2v) is 13.1. The Labute approximate surface area is 140 Å². The quantitative estimate of drug-likeness (QED) is 0.724. The van der Waals surface area contributed by atoms with Crippen LogP contribution in [0.25, 0.3) is 0 Å². The van der Waals surface area contributed by atoms with Crippen LogP contribution in [0.4, 0.5) is 5.69 Å². The monoisotopic (exact) mass is 325 g/mol. The molecule has 1 aliphatic heterocycles. The van der Waals surface area contributed by atoms with E-state index in [-0.39, 0.29) is 0 Å². The summed E-state index contributed by atoms with van der Waals surface area (Å²) in [5.74, 6) is 3.61. The second-order valence-electron chi connectivity index (χ2n) is 8.27. The number of allylic oxidation sites excluding steroid dienone is 3. The van der Waals surface area contributed by atoms with E-state index in [9.17, 15) is 0 Å². The molecule has 1 fully saturated rings. The first-order valence-electron chi connectivity index (χ1n) is 8.76. The van der Waals surface area contributed by atoms with E-state index in [1.54, 1.807) is 7.11 Å². The minimum atomic E-state index is -1.46. The molecule has 0 saturated heterocycles. The van der Waals surface area contributed by atoms with Crippen LogP contribution in [0.5, 0.6) is 5.75 Å². The first kappa shape index (κ1) is 15.1. The third-order valence-electron chi connectivity index (χ3n) is 6.03. The zero-order valence-electron chi connectivity index (χ0n) is 14.8. The zero-order valence-corrected chi connectivity index (χ0v) is 15.8. The van der Waals surface area contributed by atoms with Gasteiger partial charge in [0.2, 0.25) is 0 Å². The number of methoxy groups -OCH3 is 1. The molecule has 2 aliphatic carbocycles. The molecule has 122 valence electrons. The van der Waals surface area contributed by atoms with Crippen molar-refractivity contribution in [1.82, 2.24) is 0 Å². The maximum atomic E-state index is 5.53. The average molecular weight is 326 g/mol. The number of hydrogen-bond acceptors (Lipinski definition) is 2. The maximum Gasteiger partial charge on any atom is 0.147 e. The standard InChI is InChI=1S/C20H27NOSi/c1-13-15-8-6-7-9-16(15)20-19(13)17-12-14(22-2)10-11-18(17)21(20)23(3,4)5/h6-13,15-16,19-20H,1-5H3. The summed E-state index contributed by atoms with van der Waals surface area (Å²) >= 11 is 0. The molecule has 3 heteroatoms. The lowest BCUT2D eigenvalue weighted by molar-refractivity contribution is 0.411. The van der Waals surface area contributed by atoms with Crippen LogP contribution in [0, 0.1) is 17.8 Å². The summed E-state index contributed by atoms with van der Waals surface area (Å²) in [6.45, 7) is 9.88. The zero-order chi connectivity index (χ0) is 16.4. The minimum Gasteiger partial charge on any atom is -0.497 e. The van der Waals surface area contributed by atoms with E-state index >= 15 is 0 Å². The lowest BCUT2D eigenvalue weighted by Gasteiger charge is -2.41. The Bertz CT molecular complexity index is 687. The van der Waals surface area contributed by atoms with Crippen molar-refractivity contribution >= 4 is 13.9 Å². The van der Waals surface area contributed by atoms with Crippen LogP contribution in [-0.2, 0) is 0 Å². The van der Waals surface area contributed by atoms with E-state index in [1.165, 1.54) is 11.3 Å². The van der Waals surface area contributed by atoms with E-state index in [1.807, 2.05) is 0 Å². The largest absolute Gasteiger partial charge is 0.497 e. The molecule has 1 saturated carbocycles. The number of benzene rings is 1. The average Bonchev–Trinajstić information content (AvgIpc) is 3.01. The van der Waals surface area contributed by atoms with Gasteiger partial charge in [-0.15, -0.1) is 0 Å². The van der Waals surface area contributed by atoms with E-state index in [4.69, 9.17) is 4.74 Å². The van der Waals surface area contributed by atoms with Crippen molar-refractivity contribution in [3.8, 4) is 5.75 Å². The molecule has 5 unspecified atom stereocenters. The van der Waals surface area contributed by atoms with Crippen molar-refractivity contribution < 1.29 is 4.74 Å². The van der Waals surface area contributed by atoms with Gasteiger partial charge in [-0.25, -0.2) is 0 Å². The Kier molecular flexibility index (Phi) is 3.28. The molecule has 0 spiro atoms. The van der Waals surface area contributed by atoms with Crippen LogP contribution >= 0.6 is 0 Å². The van der Waals surface area contributed by atoms with Gasteiger partial charge in [0.25, 0.3) is 0 Å². The molecule has 5 atom stereocenters. The number of ether oxygens (including phenoxy) is 1. The highest BCUT2D eigenvalue weighted by atomic mass is 28.3. The van der Waals surface area contributed by atoms with E-state index in [2.05, 4.69) is 73.6 Å². The molecule has 1 aromatic rings. The number of anilines is 1. The Hall–Kier alpha value is -1.48. The maximum absolute atomic E-state index is 5.53. The summed E-state index contributed by atoms with van der Waals surface area (Å²) in [5, 5.41) is 0. The van der Waals surface area contributed by atoms with E-state index < -0.39 is 8.24 Å². The predicted molar refractivity (Wildman–Crippen MR) is 99.8 cm³/mol. The third-order valence-corrected chi connectivity index (χ3v) is 8.02. The molecule has 23 heavy (non-hydrogen) atoms. The number of hydrogen-bond donors (Lipinski definition) is 0. The minimum absolute atomic E-state index is 0.616. The van der Waals surface area contributed by atoms with E-state index in [0.717, 1.165) is 5.75 Å². The Morgan fingerprint density at radius 3 is 2.39 bits per heavy atom. The molecule has 0 amide bonds. The van der Waals surface area contributed by atoms with Gasteiger partial charge in [-0.3, -0.25) is 0 Å². The van der Waals surface area contributed by atoms with Gasteiger partial charge >= 0.3 is 0 Å². The number of nitrogens with zero attached hydrogens (tertiary/aromatic N) is 1. The predicted octanol–water partition coefficient (Wildman–Crippen LogP) is 4.81. The molecule has 0 aromatic heterocycles. The van der Waals surface area contributed by atoms with Gasteiger partial charge in [-0.1, -0.05) is 50.9 Å². The number of fused-ring (bicyclic) bond motifs is 5. The normalized spacial score (nSPS) is 34.3. The fourth-order valence-electron chi connectivity index (χ4n) is 5.21. The molecule has 3 aliphatic rings. The Balaban J connectivity index is 1.89. The Morgan fingerprint density at radius 1 is 1.04 bits per heavy atom. The highest BCUT2D eigenvalue weighted by Gasteiger charge is 2.56. The summed E-state index contributed by atoms with van der Waals surface area (Å²) in [7, 11) is 0.311. The van der Waals surface area contributed by atoms with Gasteiger partial charge in [0.15, 0.2) is 0 Å². The SMILES string of the molecule is COc1ccc2c(c1)C1C(C)C3C=CC=CC3C1N2[Si](C)(C)C. The van der Waals surface area contributed by atoms with Crippen LogP contribution in [0.15, 0.2) is 42.5 Å². The molecule has 0 radical (unpaired) electrons. The van der Waals surface area contributed by atoms with Gasteiger partial charge in [-0.2, -0.15) is 0 Å². The molecular weight excluding hydrogens is 298 g/mol. The van der Waals surface area contributed by atoms with Gasteiger partial charge in [0, 0.05) is 23.6 Å². The fourth-order valence-corrected chi connectivity index (χ4v) is 7.37.